The van der Waals surface area contributed by atoms with Crippen LogP contribution in [0.4, 0.5) is 10.2 Å². The van der Waals surface area contributed by atoms with Crippen LogP contribution in [0.3, 0.4) is 0 Å². The van der Waals surface area contributed by atoms with Crippen molar-refractivity contribution >= 4 is 28.2 Å². The lowest BCUT2D eigenvalue weighted by Gasteiger charge is -2.13. The first-order chi connectivity index (χ1) is 11.2. The smallest absolute Gasteiger partial charge is 0.173 e. The largest absolute Gasteiger partial charge is 0.493 e. The number of halogens is 2. The second-order valence-electron chi connectivity index (χ2n) is 5.01. The van der Waals surface area contributed by atoms with E-state index in [4.69, 9.17) is 16.3 Å². The molecule has 0 aliphatic rings. The normalized spacial score (nSPS) is 10.7. The maximum atomic E-state index is 14.5. The Kier molecular flexibility index (Phi) is 4.57. The highest BCUT2D eigenvalue weighted by atomic mass is 35.5. The van der Waals surface area contributed by atoms with Crippen LogP contribution in [-0.2, 0) is 6.42 Å². The third-order valence-electron chi connectivity index (χ3n) is 3.56. The van der Waals surface area contributed by atoms with E-state index in [1.54, 1.807) is 12.1 Å². The van der Waals surface area contributed by atoms with Crippen LogP contribution >= 0.6 is 11.6 Å². The number of rotatable bonds is 5. The summed E-state index contributed by atoms with van der Waals surface area (Å²) in [7, 11) is 1.48. The number of methoxy groups -OCH3 is 1. The van der Waals surface area contributed by atoms with E-state index in [0.717, 1.165) is 10.9 Å². The van der Waals surface area contributed by atoms with Gasteiger partial charge in [0.2, 0.25) is 0 Å². The highest BCUT2D eigenvalue weighted by molar-refractivity contribution is 6.29. The number of ether oxygens (including phenoxy) is 1. The van der Waals surface area contributed by atoms with Crippen molar-refractivity contribution in [3.8, 4) is 5.75 Å². The van der Waals surface area contributed by atoms with Crippen molar-refractivity contribution in [1.82, 2.24) is 9.97 Å². The number of nitrogens with one attached hydrogen (secondary N) is 1. The van der Waals surface area contributed by atoms with E-state index in [9.17, 15) is 4.39 Å². The molecule has 0 unspecified atom stereocenters. The van der Waals surface area contributed by atoms with Gasteiger partial charge in [-0.25, -0.2) is 14.4 Å². The van der Waals surface area contributed by atoms with E-state index < -0.39 is 0 Å². The van der Waals surface area contributed by atoms with Gasteiger partial charge in [-0.15, -0.1) is 0 Å². The average molecular weight is 332 g/mol. The molecule has 1 heterocycles. The third kappa shape index (κ3) is 3.35. The Morgan fingerprint density at radius 3 is 2.83 bits per heavy atom. The summed E-state index contributed by atoms with van der Waals surface area (Å²) in [6.07, 6.45) is 1.98. The van der Waals surface area contributed by atoms with Crippen LogP contribution in [0.1, 0.15) is 5.56 Å². The first-order valence-electron chi connectivity index (χ1n) is 7.14. The van der Waals surface area contributed by atoms with Gasteiger partial charge >= 0.3 is 0 Å². The van der Waals surface area contributed by atoms with Crippen molar-refractivity contribution in [3.63, 3.8) is 0 Å². The Hall–Kier alpha value is -2.40. The molecule has 23 heavy (non-hydrogen) atoms. The summed E-state index contributed by atoms with van der Waals surface area (Å²) in [5, 5.41) is 4.92. The van der Waals surface area contributed by atoms with Crippen LogP contribution in [0, 0.1) is 5.82 Å². The maximum Gasteiger partial charge on any atom is 0.173 e. The number of fused-ring (bicyclic) bond motifs is 1. The number of benzene rings is 2. The van der Waals surface area contributed by atoms with E-state index in [-0.39, 0.29) is 11.6 Å². The monoisotopic (exact) mass is 331 g/mol. The standard InChI is InChI=1S/C17H15ClFN3O/c1-23-17-12(6-7-20-15-9-14(18)21-10-22-15)8-11-4-2-3-5-13(11)16(17)19/h2-5,8-10H,6-7H2,1H3,(H,20,21,22). The molecule has 0 amide bonds. The third-order valence-corrected chi connectivity index (χ3v) is 3.76. The summed E-state index contributed by atoms with van der Waals surface area (Å²) in [6.45, 7) is 0.571. The minimum absolute atomic E-state index is 0.284. The summed E-state index contributed by atoms with van der Waals surface area (Å²) in [5.41, 5.74) is 0.802. The quantitative estimate of drug-likeness (QED) is 0.715. The predicted molar refractivity (Wildman–Crippen MR) is 89.7 cm³/mol. The lowest BCUT2D eigenvalue weighted by molar-refractivity contribution is 0.384. The fraction of sp³-hybridized carbons (Fsp3) is 0.176. The molecule has 3 rings (SSSR count). The topological polar surface area (TPSA) is 47.0 Å². The minimum Gasteiger partial charge on any atom is -0.493 e. The van der Waals surface area contributed by atoms with E-state index in [2.05, 4.69) is 15.3 Å². The SMILES string of the molecule is COc1c(CCNc2cc(Cl)ncn2)cc2ccccc2c1F. The predicted octanol–water partition coefficient (Wildman–Crippen LogP) is 4.09. The van der Waals surface area contributed by atoms with Gasteiger partial charge in [0, 0.05) is 18.0 Å². The molecule has 0 bridgehead atoms. The molecular weight excluding hydrogens is 317 g/mol. The Morgan fingerprint density at radius 2 is 2.04 bits per heavy atom. The second-order valence-corrected chi connectivity index (χ2v) is 5.39. The molecule has 0 spiro atoms. The Morgan fingerprint density at radius 1 is 1.22 bits per heavy atom. The highest BCUT2D eigenvalue weighted by Gasteiger charge is 2.13. The summed E-state index contributed by atoms with van der Waals surface area (Å²) < 4.78 is 19.8. The Balaban J connectivity index is 1.82. The average Bonchev–Trinajstić information content (AvgIpc) is 2.55. The Labute approximate surface area is 138 Å². The Bertz CT molecular complexity index is 841. The molecule has 2 aromatic carbocycles. The van der Waals surface area contributed by atoms with E-state index in [1.165, 1.54) is 13.4 Å². The van der Waals surface area contributed by atoms with Crippen LogP contribution in [0.5, 0.6) is 5.75 Å². The molecule has 1 N–H and O–H groups in total. The van der Waals surface area contributed by atoms with Gasteiger partial charge in [-0.05, 0) is 23.4 Å². The molecule has 0 fully saturated rings. The molecule has 0 saturated heterocycles. The lowest BCUT2D eigenvalue weighted by atomic mass is 10.0. The number of hydrogen-bond donors (Lipinski definition) is 1. The van der Waals surface area contributed by atoms with E-state index in [1.807, 2.05) is 24.3 Å². The lowest BCUT2D eigenvalue weighted by Crippen LogP contribution is -2.08. The van der Waals surface area contributed by atoms with Gasteiger partial charge in [0.05, 0.1) is 7.11 Å². The zero-order chi connectivity index (χ0) is 16.2. The summed E-state index contributed by atoms with van der Waals surface area (Å²) in [5.74, 6) is 0.585. The van der Waals surface area contributed by atoms with Gasteiger partial charge in [-0.2, -0.15) is 0 Å². The molecule has 1 aromatic heterocycles. The van der Waals surface area contributed by atoms with Crippen LogP contribution in [0.25, 0.3) is 10.8 Å². The zero-order valence-electron chi connectivity index (χ0n) is 12.5. The first kappa shape index (κ1) is 15.5. The van der Waals surface area contributed by atoms with Crippen LogP contribution in [0.15, 0.2) is 42.7 Å². The number of aromatic nitrogens is 2. The summed E-state index contributed by atoms with van der Waals surface area (Å²) in [4.78, 5) is 7.89. The summed E-state index contributed by atoms with van der Waals surface area (Å²) in [6, 6.07) is 10.9. The molecule has 0 aliphatic carbocycles. The van der Waals surface area contributed by atoms with Crippen molar-refractivity contribution < 1.29 is 9.13 Å². The minimum atomic E-state index is -0.328. The van der Waals surface area contributed by atoms with E-state index >= 15 is 0 Å². The first-order valence-corrected chi connectivity index (χ1v) is 7.52. The van der Waals surface area contributed by atoms with Crippen LogP contribution in [-0.4, -0.2) is 23.6 Å². The van der Waals surface area contributed by atoms with E-state index in [0.29, 0.717) is 29.3 Å². The van der Waals surface area contributed by atoms with Gasteiger partial charge in [0.15, 0.2) is 11.6 Å². The van der Waals surface area contributed by atoms with Crippen molar-refractivity contribution in [1.29, 1.82) is 0 Å². The van der Waals surface area contributed by atoms with Crippen LogP contribution in [0.2, 0.25) is 5.15 Å². The highest BCUT2D eigenvalue weighted by Crippen LogP contribution is 2.31. The zero-order valence-corrected chi connectivity index (χ0v) is 13.3. The molecule has 4 nitrogen and oxygen atoms in total. The van der Waals surface area contributed by atoms with Gasteiger partial charge in [0.1, 0.15) is 17.3 Å². The molecule has 118 valence electrons. The maximum absolute atomic E-state index is 14.5. The van der Waals surface area contributed by atoms with Gasteiger partial charge < -0.3 is 10.1 Å². The van der Waals surface area contributed by atoms with Gasteiger partial charge in [-0.1, -0.05) is 35.9 Å². The van der Waals surface area contributed by atoms with Crippen molar-refractivity contribution in [2.24, 2.45) is 0 Å². The number of anilines is 1. The fourth-order valence-electron chi connectivity index (χ4n) is 2.50. The molecule has 0 saturated carbocycles. The molecule has 0 atom stereocenters. The van der Waals surface area contributed by atoms with Gasteiger partial charge in [0.25, 0.3) is 0 Å². The fourth-order valence-corrected chi connectivity index (χ4v) is 2.65. The van der Waals surface area contributed by atoms with Crippen molar-refractivity contribution in [2.75, 3.05) is 19.0 Å². The molecular formula is C17H15ClFN3O. The second kappa shape index (κ2) is 6.79. The molecule has 0 aliphatic heterocycles. The molecule has 0 radical (unpaired) electrons. The van der Waals surface area contributed by atoms with Crippen molar-refractivity contribution in [2.45, 2.75) is 6.42 Å². The summed E-state index contributed by atoms with van der Waals surface area (Å²) >= 11 is 5.81. The number of nitrogens with zero attached hydrogens (tertiary/aromatic N) is 2. The molecule has 3 aromatic rings. The van der Waals surface area contributed by atoms with Gasteiger partial charge in [-0.3, -0.25) is 0 Å². The number of hydrogen-bond acceptors (Lipinski definition) is 4. The van der Waals surface area contributed by atoms with Crippen molar-refractivity contribution in [3.05, 3.63) is 59.3 Å². The van der Waals surface area contributed by atoms with Crippen LogP contribution < -0.4 is 10.1 Å². The molecule has 6 heteroatoms.